The van der Waals surface area contributed by atoms with Gasteiger partial charge in [0.25, 0.3) is 0 Å². The quantitative estimate of drug-likeness (QED) is 0.604. The molecule has 92 valence electrons. The van der Waals surface area contributed by atoms with Gasteiger partial charge in [-0.15, -0.1) is 0 Å². The van der Waals surface area contributed by atoms with Gasteiger partial charge in [0.15, 0.2) is 0 Å². The van der Waals surface area contributed by atoms with Gasteiger partial charge in [0.05, 0.1) is 0 Å². The molecule has 1 atom stereocenters. The third-order valence-electron chi connectivity index (χ3n) is 3.32. The first-order valence-corrected chi connectivity index (χ1v) is 6.42. The molecule has 1 aromatic carbocycles. The highest BCUT2D eigenvalue weighted by atomic mass is 14.1. The standard InChI is InChI=1S/C17H24/c1-6-16-7-9-17(10-8-16)12-14(4)11-15(5)13(2)3/h7-10,15H,2,4,6,11-12H2,1,3,5H3. The van der Waals surface area contributed by atoms with Gasteiger partial charge in [-0.05, 0) is 43.2 Å². The highest BCUT2D eigenvalue weighted by Crippen LogP contribution is 2.20. The van der Waals surface area contributed by atoms with E-state index in [-0.39, 0.29) is 0 Å². The number of hydrogen-bond donors (Lipinski definition) is 0. The van der Waals surface area contributed by atoms with Crippen molar-refractivity contribution < 1.29 is 0 Å². The van der Waals surface area contributed by atoms with E-state index in [4.69, 9.17) is 0 Å². The van der Waals surface area contributed by atoms with E-state index in [1.54, 1.807) is 0 Å². The lowest BCUT2D eigenvalue weighted by Gasteiger charge is -2.13. The van der Waals surface area contributed by atoms with Crippen LogP contribution in [-0.2, 0) is 12.8 Å². The molecule has 0 saturated heterocycles. The topological polar surface area (TPSA) is 0 Å². The average Bonchev–Trinajstić information content (AvgIpc) is 2.29. The SMILES string of the molecule is C=C(Cc1ccc(CC)cc1)CC(C)C(=C)C. The normalized spacial score (nSPS) is 12.2. The van der Waals surface area contributed by atoms with Crippen molar-refractivity contribution in [3.05, 3.63) is 59.7 Å². The summed E-state index contributed by atoms with van der Waals surface area (Å²) in [6, 6.07) is 8.86. The summed E-state index contributed by atoms with van der Waals surface area (Å²) in [4.78, 5) is 0. The summed E-state index contributed by atoms with van der Waals surface area (Å²) in [5.74, 6) is 0.539. The Labute approximate surface area is 106 Å². The van der Waals surface area contributed by atoms with Crippen molar-refractivity contribution in [3.8, 4) is 0 Å². The zero-order chi connectivity index (χ0) is 12.8. The van der Waals surface area contributed by atoms with Gasteiger partial charge in [0.1, 0.15) is 0 Å². The molecular formula is C17H24. The van der Waals surface area contributed by atoms with E-state index in [2.05, 4.69) is 58.2 Å². The molecule has 1 unspecified atom stereocenters. The average molecular weight is 228 g/mol. The molecule has 0 spiro atoms. The van der Waals surface area contributed by atoms with Crippen LogP contribution in [0.2, 0.25) is 0 Å². The molecule has 0 saturated carbocycles. The zero-order valence-electron chi connectivity index (χ0n) is 11.4. The van der Waals surface area contributed by atoms with E-state index in [1.165, 1.54) is 22.3 Å². The van der Waals surface area contributed by atoms with Gasteiger partial charge >= 0.3 is 0 Å². The Morgan fingerprint density at radius 1 is 1.12 bits per heavy atom. The molecule has 0 radical (unpaired) electrons. The predicted molar refractivity (Wildman–Crippen MR) is 77.3 cm³/mol. The maximum absolute atomic E-state index is 4.17. The second kappa shape index (κ2) is 6.44. The van der Waals surface area contributed by atoms with E-state index in [1.807, 2.05) is 0 Å². The van der Waals surface area contributed by atoms with Gasteiger partial charge in [0.2, 0.25) is 0 Å². The lowest BCUT2D eigenvalue weighted by Crippen LogP contribution is -1.99. The van der Waals surface area contributed by atoms with Crippen molar-refractivity contribution in [2.24, 2.45) is 5.92 Å². The van der Waals surface area contributed by atoms with Crippen molar-refractivity contribution in [3.63, 3.8) is 0 Å². The van der Waals surface area contributed by atoms with E-state index in [9.17, 15) is 0 Å². The van der Waals surface area contributed by atoms with Gasteiger partial charge in [-0.3, -0.25) is 0 Å². The van der Waals surface area contributed by atoms with Crippen LogP contribution in [0.15, 0.2) is 48.6 Å². The van der Waals surface area contributed by atoms with Crippen LogP contribution in [0.5, 0.6) is 0 Å². The number of hydrogen-bond acceptors (Lipinski definition) is 0. The Morgan fingerprint density at radius 2 is 1.65 bits per heavy atom. The van der Waals surface area contributed by atoms with E-state index < -0.39 is 0 Å². The van der Waals surface area contributed by atoms with Gasteiger partial charge in [-0.1, -0.05) is 62.4 Å². The van der Waals surface area contributed by atoms with Crippen molar-refractivity contribution in [1.29, 1.82) is 0 Å². The molecule has 0 aliphatic heterocycles. The van der Waals surface area contributed by atoms with Crippen LogP contribution < -0.4 is 0 Å². The van der Waals surface area contributed by atoms with Gasteiger partial charge in [0, 0.05) is 0 Å². The molecule has 0 aromatic heterocycles. The minimum absolute atomic E-state index is 0.539. The minimum Gasteiger partial charge on any atom is -0.0999 e. The summed E-state index contributed by atoms with van der Waals surface area (Å²) >= 11 is 0. The van der Waals surface area contributed by atoms with E-state index >= 15 is 0 Å². The molecule has 0 fully saturated rings. The largest absolute Gasteiger partial charge is 0.0999 e. The van der Waals surface area contributed by atoms with Gasteiger partial charge < -0.3 is 0 Å². The Hall–Kier alpha value is -1.30. The van der Waals surface area contributed by atoms with Crippen LogP contribution >= 0.6 is 0 Å². The summed E-state index contributed by atoms with van der Waals surface area (Å²) < 4.78 is 0. The summed E-state index contributed by atoms with van der Waals surface area (Å²) in [5, 5.41) is 0. The monoisotopic (exact) mass is 228 g/mol. The van der Waals surface area contributed by atoms with Crippen LogP contribution in [0.4, 0.5) is 0 Å². The van der Waals surface area contributed by atoms with Crippen LogP contribution in [0.1, 0.15) is 38.3 Å². The fraction of sp³-hybridized carbons (Fsp3) is 0.412. The van der Waals surface area contributed by atoms with Crippen LogP contribution in [0.25, 0.3) is 0 Å². The first kappa shape index (κ1) is 13.8. The first-order valence-electron chi connectivity index (χ1n) is 6.42. The Balaban J connectivity index is 2.53. The molecule has 0 N–H and O–H groups in total. The van der Waals surface area contributed by atoms with Crippen molar-refractivity contribution in [2.45, 2.75) is 40.0 Å². The van der Waals surface area contributed by atoms with E-state index in [0.29, 0.717) is 5.92 Å². The van der Waals surface area contributed by atoms with Gasteiger partial charge in [-0.2, -0.15) is 0 Å². The molecule has 0 bridgehead atoms. The number of aryl methyl sites for hydroxylation is 1. The summed E-state index contributed by atoms with van der Waals surface area (Å²) in [5.41, 5.74) is 5.30. The molecule has 1 aromatic rings. The highest BCUT2D eigenvalue weighted by molar-refractivity contribution is 5.26. The predicted octanol–water partition coefficient (Wildman–Crippen LogP) is 4.95. The highest BCUT2D eigenvalue weighted by Gasteiger charge is 2.05. The summed E-state index contributed by atoms with van der Waals surface area (Å²) in [6.07, 6.45) is 3.14. The molecular weight excluding hydrogens is 204 g/mol. The Bertz CT molecular complexity index is 381. The molecule has 0 aliphatic carbocycles. The Morgan fingerprint density at radius 3 is 2.12 bits per heavy atom. The smallest absolute Gasteiger partial charge is 0.00696 e. The van der Waals surface area contributed by atoms with Crippen LogP contribution in [-0.4, -0.2) is 0 Å². The van der Waals surface area contributed by atoms with Crippen molar-refractivity contribution in [1.82, 2.24) is 0 Å². The second-order valence-electron chi connectivity index (χ2n) is 5.05. The van der Waals surface area contributed by atoms with Gasteiger partial charge in [-0.25, -0.2) is 0 Å². The fourth-order valence-corrected chi connectivity index (χ4v) is 1.86. The third-order valence-corrected chi connectivity index (χ3v) is 3.32. The Kier molecular flexibility index (Phi) is 5.21. The summed E-state index contributed by atoms with van der Waals surface area (Å²) in [7, 11) is 0. The molecule has 0 nitrogen and oxygen atoms in total. The van der Waals surface area contributed by atoms with Crippen molar-refractivity contribution in [2.75, 3.05) is 0 Å². The first-order chi connectivity index (χ1) is 8.02. The molecule has 0 heteroatoms. The molecule has 17 heavy (non-hydrogen) atoms. The lowest BCUT2D eigenvalue weighted by molar-refractivity contribution is 0.666. The maximum Gasteiger partial charge on any atom is -0.00696 e. The summed E-state index contributed by atoms with van der Waals surface area (Å²) in [6.45, 7) is 14.7. The second-order valence-corrected chi connectivity index (χ2v) is 5.05. The number of allylic oxidation sites excluding steroid dienone is 2. The molecule has 0 heterocycles. The number of rotatable bonds is 6. The van der Waals surface area contributed by atoms with Crippen LogP contribution in [0, 0.1) is 5.92 Å². The van der Waals surface area contributed by atoms with E-state index in [0.717, 1.165) is 19.3 Å². The number of benzene rings is 1. The van der Waals surface area contributed by atoms with Crippen LogP contribution in [0.3, 0.4) is 0 Å². The zero-order valence-corrected chi connectivity index (χ0v) is 11.4. The fourth-order valence-electron chi connectivity index (χ4n) is 1.86. The minimum atomic E-state index is 0.539. The molecule has 1 rings (SSSR count). The third kappa shape index (κ3) is 4.60. The molecule has 0 aliphatic rings. The lowest BCUT2D eigenvalue weighted by atomic mass is 9.92. The van der Waals surface area contributed by atoms with Crippen molar-refractivity contribution >= 4 is 0 Å². The maximum atomic E-state index is 4.17. The molecule has 0 amide bonds.